The Balaban J connectivity index is 1.98. The Morgan fingerprint density at radius 1 is 1.08 bits per heavy atom. The Morgan fingerprint density at radius 2 is 1.73 bits per heavy atom. The molecule has 0 spiro atoms. The first kappa shape index (κ1) is 20.0. The molecule has 1 aromatic rings. The van der Waals surface area contributed by atoms with Crippen molar-refractivity contribution in [3.8, 4) is 0 Å². The quantitative estimate of drug-likeness (QED) is 0.784. The minimum absolute atomic E-state index is 0.179. The number of rotatable bonds is 6. The molecule has 1 aliphatic rings. The molecule has 1 amide bonds. The molecule has 0 aliphatic heterocycles. The molecule has 7 nitrogen and oxygen atoms in total. The van der Waals surface area contributed by atoms with Crippen molar-refractivity contribution in [2.75, 3.05) is 20.3 Å². The van der Waals surface area contributed by atoms with Crippen molar-refractivity contribution in [2.45, 2.75) is 58.9 Å². The van der Waals surface area contributed by atoms with Gasteiger partial charge >= 0.3 is 11.9 Å². The molecule has 0 aromatic carbocycles. The van der Waals surface area contributed by atoms with Crippen LogP contribution in [0.25, 0.3) is 0 Å². The average molecular weight is 364 g/mol. The zero-order valence-corrected chi connectivity index (χ0v) is 16.0. The summed E-state index contributed by atoms with van der Waals surface area (Å²) in [5.41, 5.74) is 1.53. The number of hydrogen-bond donors (Lipinski definition) is 1. The number of aryl methyl sites for hydroxylation is 1. The third-order valence-corrected chi connectivity index (χ3v) is 4.96. The first-order chi connectivity index (χ1) is 12.4. The van der Waals surface area contributed by atoms with E-state index >= 15 is 0 Å². The lowest BCUT2D eigenvalue weighted by molar-refractivity contribution is -0.135. The summed E-state index contributed by atoms with van der Waals surface area (Å²) in [4.78, 5) is 41.2. The summed E-state index contributed by atoms with van der Waals surface area (Å²) < 4.78 is 10.2. The smallest absolute Gasteiger partial charge is 0.355 e. The Labute approximate surface area is 154 Å². The van der Waals surface area contributed by atoms with Crippen LogP contribution in [0.2, 0.25) is 0 Å². The number of carbonyl (C=O) groups is 3. The molecule has 0 radical (unpaired) electrons. The maximum absolute atomic E-state index is 12.3. The fourth-order valence-electron chi connectivity index (χ4n) is 3.44. The standard InChI is InChI=1S/C19H28N2O5/c1-5-25-18(23)16-12(2)17(20-13(16)3)19(24)26-11-15(22)21(4)14-9-7-6-8-10-14/h14,20H,5-11H2,1-4H3. The van der Waals surface area contributed by atoms with Crippen molar-refractivity contribution in [3.63, 3.8) is 0 Å². The fraction of sp³-hybridized carbons (Fsp3) is 0.632. The molecule has 1 heterocycles. The first-order valence-electron chi connectivity index (χ1n) is 9.15. The van der Waals surface area contributed by atoms with Crippen molar-refractivity contribution in [2.24, 2.45) is 0 Å². The van der Waals surface area contributed by atoms with Gasteiger partial charge in [0.2, 0.25) is 0 Å². The highest BCUT2D eigenvalue weighted by Gasteiger charge is 2.26. The van der Waals surface area contributed by atoms with Crippen molar-refractivity contribution in [1.29, 1.82) is 0 Å². The van der Waals surface area contributed by atoms with Crippen LogP contribution >= 0.6 is 0 Å². The van der Waals surface area contributed by atoms with Gasteiger partial charge in [0.15, 0.2) is 6.61 Å². The second-order valence-corrected chi connectivity index (χ2v) is 6.72. The van der Waals surface area contributed by atoms with Gasteiger partial charge in [-0.25, -0.2) is 9.59 Å². The van der Waals surface area contributed by atoms with Gasteiger partial charge in [0, 0.05) is 18.8 Å². The Hall–Kier alpha value is -2.31. The second-order valence-electron chi connectivity index (χ2n) is 6.72. The molecule has 1 N–H and O–H groups in total. The van der Waals surface area contributed by atoms with Gasteiger partial charge in [0.25, 0.3) is 5.91 Å². The number of aromatic amines is 1. The Bertz CT molecular complexity index is 674. The van der Waals surface area contributed by atoms with Crippen molar-refractivity contribution in [3.05, 3.63) is 22.5 Å². The number of carbonyl (C=O) groups excluding carboxylic acids is 3. The highest BCUT2D eigenvalue weighted by Crippen LogP contribution is 2.22. The third kappa shape index (κ3) is 4.45. The number of nitrogens with zero attached hydrogens (tertiary/aromatic N) is 1. The Morgan fingerprint density at radius 3 is 2.35 bits per heavy atom. The summed E-state index contributed by atoms with van der Waals surface area (Å²) in [6.45, 7) is 5.02. The van der Waals surface area contributed by atoms with Gasteiger partial charge in [-0.3, -0.25) is 4.79 Å². The van der Waals surface area contributed by atoms with E-state index in [0.29, 0.717) is 16.8 Å². The number of hydrogen-bond acceptors (Lipinski definition) is 5. The highest BCUT2D eigenvalue weighted by atomic mass is 16.5. The summed E-state index contributed by atoms with van der Waals surface area (Å²) in [5.74, 6) is -1.34. The first-order valence-corrected chi connectivity index (χ1v) is 9.15. The van der Waals surface area contributed by atoms with Gasteiger partial charge in [0.1, 0.15) is 5.69 Å². The lowest BCUT2D eigenvalue weighted by Crippen LogP contribution is -2.40. The van der Waals surface area contributed by atoms with Gasteiger partial charge in [-0.1, -0.05) is 19.3 Å². The number of likely N-dealkylation sites (N-methyl/N-ethyl adjacent to an activating group) is 1. The van der Waals surface area contributed by atoms with Crippen LogP contribution in [0, 0.1) is 13.8 Å². The van der Waals surface area contributed by atoms with E-state index in [1.54, 1.807) is 32.7 Å². The minimum atomic E-state index is -0.647. The van der Waals surface area contributed by atoms with E-state index < -0.39 is 11.9 Å². The van der Waals surface area contributed by atoms with Crippen LogP contribution < -0.4 is 0 Å². The van der Waals surface area contributed by atoms with Crippen LogP contribution in [0.3, 0.4) is 0 Å². The molecule has 26 heavy (non-hydrogen) atoms. The maximum atomic E-state index is 12.3. The van der Waals surface area contributed by atoms with Crippen molar-refractivity contribution in [1.82, 2.24) is 9.88 Å². The van der Waals surface area contributed by atoms with Crippen molar-refractivity contribution < 1.29 is 23.9 Å². The Kier molecular flexibility index (Phi) is 6.83. The zero-order valence-electron chi connectivity index (χ0n) is 16.0. The number of amides is 1. The predicted octanol–water partition coefficient (Wildman–Crippen LogP) is 2.76. The fourth-order valence-corrected chi connectivity index (χ4v) is 3.44. The summed E-state index contributed by atoms with van der Waals surface area (Å²) in [6.07, 6.45) is 5.45. The molecular formula is C19H28N2O5. The number of ether oxygens (including phenoxy) is 2. The topological polar surface area (TPSA) is 88.7 Å². The summed E-state index contributed by atoms with van der Waals surface area (Å²) in [5, 5.41) is 0. The summed E-state index contributed by atoms with van der Waals surface area (Å²) in [7, 11) is 1.76. The van der Waals surface area contributed by atoms with Gasteiger partial charge in [-0.2, -0.15) is 0 Å². The molecule has 1 aliphatic carbocycles. The van der Waals surface area contributed by atoms with Gasteiger partial charge in [-0.05, 0) is 39.2 Å². The van der Waals surface area contributed by atoms with E-state index in [1.165, 1.54) is 6.42 Å². The van der Waals surface area contributed by atoms with Crippen molar-refractivity contribution >= 4 is 17.8 Å². The van der Waals surface area contributed by atoms with E-state index in [4.69, 9.17) is 9.47 Å². The number of nitrogens with one attached hydrogen (secondary N) is 1. The van der Waals surface area contributed by atoms with Crippen LogP contribution in [0.4, 0.5) is 0 Å². The zero-order chi connectivity index (χ0) is 19.3. The third-order valence-electron chi connectivity index (χ3n) is 4.96. The van der Waals surface area contributed by atoms with Gasteiger partial charge in [-0.15, -0.1) is 0 Å². The van der Waals surface area contributed by atoms with Crippen LogP contribution in [0.15, 0.2) is 0 Å². The summed E-state index contributed by atoms with van der Waals surface area (Å²) >= 11 is 0. The molecule has 0 atom stereocenters. The molecule has 1 aromatic heterocycles. The molecular weight excluding hydrogens is 336 g/mol. The summed E-state index contributed by atoms with van der Waals surface area (Å²) in [6, 6.07) is 0.222. The van der Waals surface area contributed by atoms with Crippen LogP contribution in [-0.4, -0.2) is 54.0 Å². The molecule has 1 saturated carbocycles. The lowest BCUT2D eigenvalue weighted by atomic mass is 9.94. The number of H-pyrrole nitrogens is 1. The number of aromatic nitrogens is 1. The SMILES string of the molecule is CCOC(=O)c1c(C)[nH]c(C(=O)OCC(=O)N(C)C2CCCCC2)c1C. The van der Waals surface area contributed by atoms with Crippen LogP contribution in [0.5, 0.6) is 0 Å². The van der Waals surface area contributed by atoms with E-state index in [2.05, 4.69) is 4.98 Å². The van der Waals surface area contributed by atoms with E-state index in [0.717, 1.165) is 25.7 Å². The predicted molar refractivity (Wildman–Crippen MR) is 96.1 cm³/mol. The number of esters is 2. The lowest BCUT2D eigenvalue weighted by Gasteiger charge is -2.31. The van der Waals surface area contributed by atoms with Gasteiger partial charge < -0.3 is 19.4 Å². The molecule has 7 heteroatoms. The van der Waals surface area contributed by atoms with E-state index in [-0.39, 0.29) is 30.9 Å². The maximum Gasteiger partial charge on any atom is 0.355 e. The molecule has 144 valence electrons. The highest BCUT2D eigenvalue weighted by molar-refractivity contribution is 5.99. The molecule has 1 fully saturated rings. The van der Waals surface area contributed by atoms with Crippen LogP contribution in [-0.2, 0) is 14.3 Å². The second kappa shape index (κ2) is 8.87. The largest absolute Gasteiger partial charge is 0.462 e. The van der Waals surface area contributed by atoms with E-state index in [1.807, 2.05) is 0 Å². The monoisotopic (exact) mass is 364 g/mol. The average Bonchev–Trinajstić information content (AvgIpc) is 2.94. The molecule has 0 saturated heterocycles. The molecule has 0 unspecified atom stereocenters. The molecule has 0 bridgehead atoms. The van der Waals surface area contributed by atoms with Gasteiger partial charge in [0.05, 0.1) is 12.2 Å². The normalized spacial score (nSPS) is 14.8. The van der Waals surface area contributed by atoms with E-state index in [9.17, 15) is 14.4 Å². The molecule has 2 rings (SSSR count). The minimum Gasteiger partial charge on any atom is -0.462 e. The van der Waals surface area contributed by atoms with Crippen LogP contribution in [0.1, 0.15) is 71.1 Å².